The highest BCUT2D eigenvalue weighted by Crippen LogP contribution is 2.24. The fourth-order valence-electron chi connectivity index (χ4n) is 2.73. The van der Waals surface area contributed by atoms with Crippen molar-refractivity contribution >= 4 is 17.7 Å². The molecule has 0 aliphatic carbocycles. The first kappa shape index (κ1) is 19.1. The van der Waals surface area contributed by atoms with Gasteiger partial charge in [0.2, 0.25) is 5.91 Å². The van der Waals surface area contributed by atoms with Crippen LogP contribution in [-0.4, -0.2) is 38.4 Å². The maximum Gasteiger partial charge on any atom is 0.233 e. The summed E-state index contributed by atoms with van der Waals surface area (Å²) >= 11 is 1.33. The number of aryl methyl sites for hydroxylation is 2. The van der Waals surface area contributed by atoms with E-state index in [0.717, 1.165) is 17.1 Å². The maximum atomic E-state index is 13.8. The van der Waals surface area contributed by atoms with E-state index in [1.165, 1.54) is 22.7 Å². The van der Waals surface area contributed by atoms with Crippen molar-refractivity contribution in [3.05, 3.63) is 71.3 Å². The van der Waals surface area contributed by atoms with E-state index in [-0.39, 0.29) is 24.0 Å². The van der Waals surface area contributed by atoms with Crippen LogP contribution in [0.25, 0.3) is 5.69 Å². The summed E-state index contributed by atoms with van der Waals surface area (Å²) in [6.07, 6.45) is 0. The molecule has 5 nitrogen and oxygen atoms in total. The molecule has 0 bridgehead atoms. The summed E-state index contributed by atoms with van der Waals surface area (Å²) in [5, 5.41) is 9.02. The number of hydrogen-bond donors (Lipinski definition) is 0. The van der Waals surface area contributed by atoms with Gasteiger partial charge in [-0.25, -0.2) is 4.39 Å². The second-order valence-corrected chi connectivity index (χ2v) is 7.22. The molecule has 1 heterocycles. The van der Waals surface area contributed by atoms with Gasteiger partial charge in [-0.2, -0.15) is 0 Å². The lowest BCUT2D eigenvalue weighted by atomic mass is 10.2. The third kappa shape index (κ3) is 4.36. The zero-order valence-electron chi connectivity index (χ0n) is 15.5. The van der Waals surface area contributed by atoms with Gasteiger partial charge >= 0.3 is 0 Å². The van der Waals surface area contributed by atoms with E-state index in [9.17, 15) is 9.18 Å². The average molecular weight is 384 g/mol. The minimum atomic E-state index is -0.306. The Balaban J connectivity index is 1.70. The molecule has 0 unspecified atom stereocenters. The normalized spacial score (nSPS) is 10.8. The molecular weight excluding hydrogens is 363 g/mol. The lowest BCUT2D eigenvalue weighted by Gasteiger charge is -2.17. The van der Waals surface area contributed by atoms with Gasteiger partial charge in [0.1, 0.15) is 11.6 Å². The number of carbonyl (C=O) groups excluding carboxylic acids is 1. The molecule has 0 aliphatic heterocycles. The van der Waals surface area contributed by atoms with Crippen LogP contribution in [0.5, 0.6) is 0 Å². The van der Waals surface area contributed by atoms with Crippen LogP contribution in [-0.2, 0) is 11.3 Å². The Morgan fingerprint density at radius 3 is 2.56 bits per heavy atom. The zero-order valence-corrected chi connectivity index (χ0v) is 16.3. The van der Waals surface area contributed by atoms with Crippen molar-refractivity contribution in [3.8, 4) is 5.69 Å². The van der Waals surface area contributed by atoms with Gasteiger partial charge in [-0.3, -0.25) is 9.36 Å². The molecule has 1 aromatic heterocycles. The largest absolute Gasteiger partial charge is 0.341 e. The molecule has 0 saturated carbocycles. The molecule has 1 amide bonds. The molecule has 7 heteroatoms. The molecule has 3 aromatic rings. The fraction of sp³-hybridized carbons (Fsp3) is 0.250. The molecular formula is C20H21FN4OS. The highest BCUT2D eigenvalue weighted by Gasteiger charge is 2.17. The van der Waals surface area contributed by atoms with Gasteiger partial charge < -0.3 is 4.90 Å². The van der Waals surface area contributed by atoms with E-state index in [1.807, 2.05) is 42.7 Å². The number of para-hydroxylation sites is 1. The predicted molar refractivity (Wildman–Crippen MR) is 104 cm³/mol. The molecule has 0 N–H and O–H groups in total. The van der Waals surface area contributed by atoms with E-state index < -0.39 is 0 Å². The van der Waals surface area contributed by atoms with Gasteiger partial charge in [-0.15, -0.1) is 10.2 Å². The van der Waals surface area contributed by atoms with Crippen molar-refractivity contribution < 1.29 is 9.18 Å². The average Bonchev–Trinajstić information content (AvgIpc) is 3.02. The monoisotopic (exact) mass is 384 g/mol. The summed E-state index contributed by atoms with van der Waals surface area (Å²) in [4.78, 5) is 14.0. The Hall–Kier alpha value is -2.67. The number of halogens is 1. The minimum Gasteiger partial charge on any atom is -0.341 e. The van der Waals surface area contributed by atoms with Crippen LogP contribution in [0.15, 0.2) is 53.7 Å². The molecule has 0 spiro atoms. The number of benzene rings is 2. The molecule has 0 fully saturated rings. The quantitative estimate of drug-likeness (QED) is 0.607. The molecule has 27 heavy (non-hydrogen) atoms. The lowest BCUT2D eigenvalue weighted by molar-refractivity contribution is -0.127. The highest BCUT2D eigenvalue weighted by atomic mass is 32.2. The Labute approximate surface area is 162 Å². The van der Waals surface area contributed by atoms with E-state index in [2.05, 4.69) is 10.2 Å². The van der Waals surface area contributed by atoms with Crippen molar-refractivity contribution in [2.45, 2.75) is 25.5 Å². The second kappa shape index (κ2) is 8.35. The van der Waals surface area contributed by atoms with Gasteiger partial charge in [0.25, 0.3) is 0 Å². The highest BCUT2D eigenvalue weighted by molar-refractivity contribution is 7.99. The van der Waals surface area contributed by atoms with Crippen molar-refractivity contribution in [3.63, 3.8) is 0 Å². The SMILES string of the molecule is Cc1ccccc1-n1c(C)nnc1SCC(=O)N(C)Cc1ccccc1F. The van der Waals surface area contributed by atoms with E-state index >= 15 is 0 Å². The molecule has 0 aliphatic rings. The van der Waals surface area contributed by atoms with Crippen molar-refractivity contribution in [1.82, 2.24) is 19.7 Å². The summed E-state index contributed by atoms with van der Waals surface area (Å²) in [7, 11) is 1.67. The standard InChI is InChI=1S/C20H21FN4OS/c1-14-8-4-7-11-18(14)25-15(2)22-23-20(25)27-13-19(26)24(3)12-16-9-5-6-10-17(16)21/h4-11H,12-13H2,1-3H3. The van der Waals surface area contributed by atoms with Crippen LogP contribution >= 0.6 is 11.8 Å². The molecule has 0 atom stereocenters. The Morgan fingerprint density at radius 2 is 1.81 bits per heavy atom. The van der Waals surface area contributed by atoms with Crippen LogP contribution < -0.4 is 0 Å². The van der Waals surface area contributed by atoms with Crippen LogP contribution in [0.1, 0.15) is 17.0 Å². The first-order chi connectivity index (χ1) is 13.0. The Bertz CT molecular complexity index is 957. The maximum absolute atomic E-state index is 13.8. The molecule has 140 valence electrons. The molecule has 3 rings (SSSR count). The third-order valence-corrected chi connectivity index (χ3v) is 5.18. The van der Waals surface area contributed by atoms with Gasteiger partial charge in [0.05, 0.1) is 11.4 Å². The van der Waals surface area contributed by atoms with Crippen molar-refractivity contribution in [2.24, 2.45) is 0 Å². The van der Waals surface area contributed by atoms with Crippen LogP contribution in [0.3, 0.4) is 0 Å². The number of carbonyl (C=O) groups is 1. The van der Waals surface area contributed by atoms with E-state index in [4.69, 9.17) is 0 Å². The van der Waals surface area contributed by atoms with Crippen LogP contribution in [0.2, 0.25) is 0 Å². The number of aromatic nitrogens is 3. The summed E-state index contributed by atoms with van der Waals surface area (Å²) in [6, 6.07) is 14.4. The summed E-state index contributed by atoms with van der Waals surface area (Å²) < 4.78 is 15.7. The Kier molecular flexibility index (Phi) is 5.91. The summed E-state index contributed by atoms with van der Waals surface area (Å²) in [5.74, 6) is 0.563. The van der Waals surface area contributed by atoms with E-state index in [1.54, 1.807) is 25.2 Å². The number of hydrogen-bond acceptors (Lipinski definition) is 4. The first-order valence-corrected chi connectivity index (χ1v) is 9.54. The van der Waals surface area contributed by atoms with Gasteiger partial charge in [-0.05, 0) is 31.5 Å². The molecule has 0 saturated heterocycles. The predicted octanol–water partition coefficient (Wildman–Crippen LogP) is 3.77. The third-order valence-electron chi connectivity index (χ3n) is 4.27. The Morgan fingerprint density at radius 1 is 1.11 bits per heavy atom. The van der Waals surface area contributed by atoms with E-state index in [0.29, 0.717) is 10.7 Å². The number of thioether (sulfide) groups is 1. The summed E-state index contributed by atoms with van der Waals surface area (Å²) in [5.41, 5.74) is 2.59. The summed E-state index contributed by atoms with van der Waals surface area (Å²) in [6.45, 7) is 4.14. The van der Waals surface area contributed by atoms with Crippen molar-refractivity contribution in [2.75, 3.05) is 12.8 Å². The van der Waals surface area contributed by atoms with Gasteiger partial charge in [0, 0.05) is 19.2 Å². The fourth-order valence-corrected chi connectivity index (χ4v) is 3.67. The lowest BCUT2D eigenvalue weighted by Crippen LogP contribution is -2.28. The first-order valence-electron chi connectivity index (χ1n) is 8.55. The van der Waals surface area contributed by atoms with Crippen LogP contribution in [0, 0.1) is 19.7 Å². The van der Waals surface area contributed by atoms with Crippen molar-refractivity contribution in [1.29, 1.82) is 0 Å². The molecule has 0 radical (unpaired) electrons. The minimum absolute atomic E-state index is 0.0970. The number of amides is 1. The van der Waals surface area contributed by atoms with Gasteiger partial charge in [0.15, 0.2) is 5.16 Å². The van der Waals surface area contributed by atoms with Crippen LogP contribution in [0.4, 0.5) is 4.39 Å². The number of nitrogens with zero attached hydrogens (tertiary/aromatic N) is 4. The second-order valence-electron chi connectivity index (χ2n) is 6.28. The van der Waals surface area contributed by atoms with Gasteiger partial charge in [-0.1, -0.05) is 48.2 Å². The number of rotatable bonds is 6. The smallest absolute Gasteiger partial charge is 0.233 e. The topological polar surface area (TPSA) is 51.0 Å². The zero-order chi connectivity index (χ0) is 19.4. The molecule has 2 aromatic carbocycles.